The van der Waals surface area contributed by atoms with E-state index >= 15 is 0 Å². The standard InChI is InChI=1S/C15H21FN2O5S2/c1-23-14-6-3-10(16)7-15(14)25(21,22)17-11-8-12-4-5-13(9-11)18(12)24(2,19)20/h3,6-7,11-13,17H,4-5,8-9H2,1-2H3. The third-order valence-corrected chi connectivity index (χ3v) is 7.69. The van der Waals surface area contributed by atoms with Crippen LogP contribution in [-0.2, 0) is 20.0 Å². The molecule has 2 fully saturated rings. The first-order valence-corrected chi connectivity index (χ1v) is 11.3. The average Bonchev–Trinajstić information content (AvgIpc) is 2.79. The summed E-state index contributed by atoms with van der Waals surface area (Å²) in [6.45, 7) is 0. The molecule has 2 aliphatic rings. The van der Waals surface area contributed by atoms with E-state index in [1.54, 1.807) is 0 Å². The Morgan fingerprint density at radius 3 is 2.28 bits per heavy atom. The second-order valence-corrected chi connectivity index (χ2v) is 10.1. The molecular weight excluding hydrogens is 371 g/mol. The second-order valence-electron chi connectivity index (χ2n) is 6.56. The van der Waals surface area contributed by atoms with Crippen molar-refractivity contribution in [2.24, 2.45) is 0 Å². The second kappa shape index (κ2) is 6.49. The van der Waals surface area contributed by atoms with Gasteiger partial charge in [0.15, 0.2) is 0 Å². The molecule has 2 heterocycles. The van der Waals surface area contributed by atoms with Crippen LogP contribution in [0, 0.1) is 5.82 Å². The van der Waals surface area contributed by atoms with Gasteiger partial charge in [0, 0.05) is 18.1 Å². The Morgan fingerprint density at radius 1 is 1.16 bits per heavy atom. The van der Waals surface area contributed by atoms with Crippen LogP contribution in [0.25, 0.3) is 0 Å². The highest BCUT2D eigenvalue weighted by atomic mass is 32.2. The van der Waals surface area contributed by atoms with Crippen LogP contribution in [0.3, 0.4) is 0 Å². The van der Waals surface area contributed by atoms with E-state index in [-0.39, 0.29) is 22.7 Å². The minimum Gasteiger partial charge on any atom is -0.495 e. The molecule has 0 spiro atoms. The number of hydrogen-bond donors (Lipinski definition) is 1. The molecule has 3 rings (SSSR count). The van der Waals surface area contributed by atoms with Gasteiger partial charge in [-0.15, -0.1) is 0 Å². The molecule has 2 atom stereocenters. The van der Waals surface area contributed by atoms with Gasteiger partial charge in [0.1, 0.15) is 16.5 Å². The van der Waals surface area contributed by atoms with E-state index in [4.69, 9.17) is 4.74 Å². The van der Waals surface area contributed by atoms with Crippen molar-refractivity contribution in [2.75, 3.05) is 13.4 Å². The third kappa shape index (κ3) is 3.67. The normalized spacial score (nSPS) is 27.4. The highest BCUT2D eigenvalue weighted by Gasteiger charge is 2.46. The van der Waals surface area contributed by atoms with E-state index in [2.05, 4.69) is 4.72 Å². The molecule has 0 radical (unpaired) electrons. The number of nitrogens with zero attached hydrogens (tertiary/aromatic N) is 1. The fourth-order valence-electron chi connectivity index (χ4n) is 3.92. The largest absolute Gasteiger partial charge is 0.495 e. The summed E-state index contributed by atoms with van der Waals surface area (Å²) < 4.78 is 71.7. The molecule has 0 saturated carbocycles. The Morgan fingerprint density at radius 2 is 1.76 bits per heavy atom. The predicted octanol–water partition coefficient (Wildman–Crippen LogP) is 1.07. The molecule has 140 valence electrons. The molecule has 1 N–H and O–H groups in total. The van der Waals surface area contributed by atoms with E-state index in [0.29, 0.717) is 12.8 Å². The van der Waals surface area contributed by atoms with Gasteiger partial charge >= 0.3 is 0 Å². The van der Waals surface area contributed by atoms with Gasteiger partial charge in [0.05, 0.1) is 13.4 Å². The molecule has 0 amide bonds. The maximum atomic E-state index is 13.5. The SMILES string of the molecule is COc1ccc(F)cc1S(=O)(=O)NC1CC2CCC(C1)N2S(C)(=O)=O. The summed E-state index contributed by atoms with van der Waals surface area (Å²) in [6.07, 6.45) is 3.43. The Kier molecular flexibility index (Phi) is 4.82. The molecule has 2 unspecified atom stereocenters. The average molecular weight is 392 g/mol. The summed E-state index contributed by atoms with van der Waals surface area (Å²) in [5, 5.41) is 0. The van der Waals surface area contributed by atoms with Gasteiger partial charge in [-0.1, -0.05) is 0 Å². The van der Waals surface area contributed by atoms with Gasteiger partial charge in [0.25, 0.3) is 0 Å². The van der Waals surface area contributed by atoms with Crippen molar-refractivity contribution in [3.05, 3.63) is 24.0 Å². The van der Waals surface area contributed by atoms with Crippen molar-refractivity contribution in [2.45, 2.75) is 48.7 Å². The zero-order valence-corrected chi connectivity index (χ0v) is 15.6. The number of halogens is 1. The summed E-state index contributed by atoms with van der Waals surface area (Å²) in [5.74, 6) is -0.612. The first-order chi connectivity index (χ1) is 11.6. The van der Waals surface area contributed by atoms with Crippen LogP contribution in [0.4, 0.5) is 4.39 Å². The van der Waals surface area contributed by atoms with Crippen molar-refractivity contribution >= 4 is 20.0 Å². The van der Waals surface area contributed by atoms with Crippen molar-refractivity contribution in [1.82, 2.24) is 9.03 Å². The predicted molar refractivity (Wildman–Crippen MR) is 89.8 cm³/mol. The van der Waals surface area contributed by atoms with Gasteiger partial charge in [-0.2, -0.15) is 4.31 Å². The lowest BCUT2D eigenvalue weighted by molar-refractivity contribution is 0.221. The number of benzene rings is 1. The van der Waals surface area contributed by atoms with Crippen LogP contribution in [0.15, 0.2) is 23.1 Å². The van der Waals surface area contributed by atoms with E-state index in [1.807, 2.05) is 0 Å². The van der Waals surface area contributed by atoms with E-state index in [9.17, 15) is 21.2 Å². The molecule has 2 saturated heterocycles. The lowest BCUT2D eigenvalue weighted by Crippen LogP contribution is -2.52. The number of nitrogens with one attached hydrogen (secondary N) is 1. The van der Waals surface area contributed by atoms with Gasteiger partial charge < -0.3 is 4.74 Å². The minimum atomic E-state index is -3.98. The van der Waals surface area contributed by atoms with E-state index < -0.39 is 31.9 Å². The number of piperidine rings is 1. The van der Waals surface area contributed by atoms with Gasteiger partial charge in [0.2, 0.25) is 20.0 Å². The summed E-state index contributed by atoms with van der Waals surface area (Å²) in [7, 11) is -5.97. The molecular formula is C15H21FN2O5S2. The molecule has 7 nitrogen and oxygen atoms in total. The molecule has 1 aromatic rings. The third-order valence-electron chi connectivity index (χ3n) is 4.79. The van der Waals surface area contributed by atoms with Gasteiger partial charge in [-0.25, -0.2) is 25.9 Å². The summed E-state index contributed by atoms with van der Waals surface area (Å²) in [4.78, 5) is -0.257. The number of fused-ring (bicyclic) bond motifs is 2. The highest BCUT2D eigenvalue weighted by Crippen LogP contribution is 2.38. The minimum absolute atomic E-state index is 0.0606. The fourth-order valence-corrected chi connectivity index (χ4v) is 6.82. The summed E-state index contributed by atoms with van der Waals surface area (Å²) in [5.41, 5.74) is 0. The molecule has 0 aliphatic carbocycles. The molecule has 2 aliphatic heterocycles. The zero-order chi connectivity index (χ0) is 18.4. The summed E-state index contributed by atoms with van der Waals surface area (Å²) in [6, 6.07) is 2.52. The Bertz CT molecular complexity index is 858. The number of rotatable bonds is 5. The quantitative estimate of drug-likeness (QED) is 0.809. The van der Waals surface area contributed by atoms with Crippen molar-refractivity contribution in [3.63, 3.8) is 0 Å². The number of ether oxygens (including phenoxy) is 1. The van der Waals surface area contributed by atoms with E-state index in [0.717, 1.165) is 25.0 Å². The van der Waals surface area contributed by atoms with Crippen LogP contribution >= 0.6 is 0 Å². The summed E-state index contributed by atoms with van der Waals surface area (Å²) >= 11 is 0. The van der Waals surface area contributed by atoms with Crippen molar-refractivity contribution in [1.29, 1.82) is 0 Å². The van der Waals surface area contributed by atoms with Crippen LogP contribution < -0.4 is 9.46 Å². The maximum absolute atomic E-state index is 13.5. The first kappa shape index (κ1) is 18.6. The number of hydrogen-bond acceptors (Lipinski definition) is 5. The Labute approximate surface area is 147 Å². The van der Waals surface area contributed by atoms with Crippen LogP contribution in [-0.4, -0.2) is 52.6 Å². The van der Waals surface area contributed by atoms with Crippen molar-refractivity contribution < 1.29 is 26.0 Å². The maximum Gasteiger partial charge on any atom is 0.244 e. The van der Waals surface area contributed by atoms with E-state index in [1.165, 1.54) is 23.7 Å². The molecule has 25 heavy (non-hydrogen) atoms. The monoisotopic (exact) mass is 392 g/mol. The Balaban J connectivity index is 1.81. The lowest BCUT2D eigenvalue weighted by Gasteiger charge is -2.37. The van der Waals surface area contributed by atoms with Crippen LogP contribution in [0.1, 0.15) is 25.7 Å². The number of sulfonamides is 2. The lowest BCUT2D eigenvalue weighted by atomic mass is 10.0. The molecule has 2 bridgehead atoms. The molecule has 1 aromatic carbocycles. The van der Waals surface area contributed by atoms with Crippen molar-refractivity contribution in [3.8, 4) is 5.75 Å². The smallest absolute Gasteiger partial charge is 0.244 e. The Hall–Kier alpha value is -1.23. The fraction of sp³-hybridized carbons (Fsp3) is 0.600. The molecule has 10 heteroatoms. The number of methoxy groups -OCH3 is 1. The van der Waals surface area contributed by atoms with Gasteiger partial charge in [-0.3, -0.25) is 0 Å². The van der Waals surface area contributed by atoms with Crippen LogP contribution in [0.5, 0.6) is 5.75 Å². The van der Waals surface area contributed by atoms with Crippen LogP contribution in [0.2, 0.25) is 0 Å². The highest BCUT2D eigenvalue weighted by molar-refractivity contribution is 7.89. The zero-order valence-electron chi connectivity index (χ0n) is 14.0. The first-order valence-electron chi connectivity index (χ1n) is 7.96. The topological polar surface area (TPSA) is 92.8 Å². The van der Waals surface area contributed by atoms with Gasteiger partial charge in [-0.05, 0) is 43.9 Å². The molecule has 0 aromatic heterocycles.